The molecule has 0 radical (unpaired) electrons. The first kappa shape index (κ1) is 18.0. The van der Waals surface area contributed by atoms with E-state index in [0.717, 1.165) is 38.4 Å². The van der Waals surface area contributed by atoms with Gasteiger partial charge in [0.2, 0.25) is 0 Å². The summed E-state index contributed by atoms with van der Waals surface area (Å²) in [6, 6.07) is 11.2. The molecule has 0 aromatic heterocycles. The van der Waals surface area contributed by atoms with Crippen molar-refractivity contribution in [2.45, 2.75) is 37.5 Å². The average Bonchev–Trinajstić information content (AvgIpc) is 2.60. The number of benzene rings is 1. The maximum Gasteiger partial charge on any atom is 0.191 e. The smallest absolute Gasteiger partial charge is 0.191 e. The minimum absolute atomic E-state index is 0.217. The molecule has 0 saturated carbocycles. The van der Waals surface area contributed by atoms with Gasteiger partial charge in [0.1, 0.15) is 0 Å². The second kappa shape index (κ2) is 8.48. The molecular formula is C18H30N4S. The first-order chi connectivity index (χ1) is 11.0. The van der Waals surface area contributed by atoms with E-state index in [1.807, 2.05) is 18.8 Å². The highest BCUT2D eigenvalue weighted by Gasteiger charge is 2.21. The standard InChI is InChI=1S/C18H30N4S/c1-18(2,23-4)14-20-17(19-3)21-15-10-12-22(13-11-15)16-8-6-5-7-9-16/h5-9,15H,10-14H2,1-4H3,(H2,19,20,21). The quantitative estimate of drug-likeness (QED) is 0.641. The van der Waals surface area contributed by atoms with Crippen molar-refractivity contribution >= 4 is 23.4 Å². The summed E-state index contributed by atoms with van der Waals surface area (Å²) in [4.78, 5) is 6.83. The van der Waals surface area contributed by atoms with E-state index >= 15 is 0 Å². The van der Waals surface area contributed by atoms with E-state index in [-0.39, 0.29) is 4.75 Å². The molecule has 1 aromatic rings. The predicted octanol–water partition coefficient (Wildman–Crippen LogP) is 2.96. The number of rotatable bonds is 5. The van der Waals surface area contributed by atoms with Gasteiger partial charge in [-0.25, -0.2) is 0 Å². The van der Waals surface area contributed by atoms with Crippen LogP contribution in [0.3, 0.4) is 0 Å². The highest BCUT2D eigenvalue weighted by atomic mass is 32.2. The van der Waals surface area contributed by atoms with Gasteiger partial charge in [0.05, 0.1) is 0 Å². The molecule has 0 aliphatic carbocycles. The average molecular weight is 335 g/mol. The number of nitrogens with zero attached hydrogens (tertiary/aromatic N) is 2. The van der Waals surface area contributed by atoms with E-state index < -0.39 is 0 Å². The Morgan fingerprint density at radius 2 is 1.91 bits per heavy atom. The highest BCUT2D eigenvalue weighted by Crippen LogP contribution is 2.20. The Hall–Kier alpha value is -1.36. The molecule has 1 saturated heterocycles. The lowest BCUT2D eigenvalue weighted by atomic mass is 10.0. The Kier molecular flexibility index (Phi) is 6.63. The molecule has 0 spiro atoms. The van der Waals surface area contributed by atoms with Gasteiger partial charge >= 0.3 is 0 Å². The molecule has 0 unspecified atom stereocenters. The van der Waals surface area contributed by atoms with Crippen molar-refractivity contribution in [1.82, 2.24) is 10.6 Å². The monoisotopic (exact) mass is 334 g/mol. The topological polar surface area (TPSA) is 39.7 Å². The molecule has 2 rings (SSSR count). The van der Waals surface area contributed by atoms with E-state index in [4.69, 9.17) is 0 Å². The number of thioether (sulfide) groups is 1. The van der Waals surface area contributed by atoms with E-state index in [9.17, 15) is 0 Å². The molecule has 1 fully saturated rings. The van der Waals surface area contributed by atoms with Crippen molar-refractivity contribution in [3.8, 4) is 0 Å². The van der Waals surface area contributed by atoms with Crippen molar-refractivity contribution in [1.29, 1.82) is 0 Å². The summed E-state index contributed by atoms with van der Waals surface area (Å²) < 4.78 is 0.217. The number of hydrogen-bond donors (Lipinski definition) is 2. The van der Waals surface area contributed by atoms with Crippen LogP contribution in [0.4, 0.5) is 5.69 Å². The molecule has 1 heterocycles. The zero-order valence-electron chi connectivity index (χ0n) is 14.8. The number of nitrogens with one attached hydrogen (secondary N) is 2. The molecule has 2 N–H and O–H groups in total. The summed E-state index contributed by atoms with van der Waals surface area (Å²) in [5, 5.41) is 7.03. The van der Waals surface area contributed by atoms with Gasteiger partial charge in [-0.2, -0.15) is 11.8 Å². The maximum atomic E-state index is 4.37. The molecule has 0 atom stereocenters. The molecule has 5 heteroatoms. The minimum Gasteiger partial charge on any atom is -0.371 e. The summed E-state index contributed by atoms with van der Waals surface area (Å²) >= 11 is 1.87. The van der Waals surface area contributed by atoms with Crippen LogP contribution < -0.4 is 15.5 Å². The number of piperidine rings is 1. The fraction of sp³-hybridized carbons (Fsp3) is 0.611. The van der Waals surface area contributed by atoms with Gasteiger partial charge < -0.3 is 15.5 Å². The van der Waals surface area contributed by atoms with Gasteiger partial charge in [0, 0.05) is 43.2 Å². The maximum absolute atomic E-state index is 4.37. The largest absolute Gasteiger partial charge is 0.371 e. The second-order valence-corrected chi connectivity index (χ2v) is 8.14. The zero-order chi connectivity index (χ0) is 16.7. The number of hydrogen-bond acceptors (Lipinski definition) is 3. The van der Waals surface area contributed by atoms with Crippen molar-refractivity contribution < 1.29 is 0 Å². The van der Waals surface area contributed by atoms with Crippen molar-refractivity contribution in [2.24, 2.45) is 4.99 Å². The van der Waals surface area contributed by atoms with Crippen LogP contribution in [-0.2, 0) is 0 Å². The normalized spacial score (nSPS) is 17.2. The van der Waals surface area contributed by atoms with Crippen molar-refractivity contribution in [3.05, 3.63) is 30.3 Å². The molecule has 0 bridgehead atoms. The first-order valence-corrected chi connectivity index (χ1v) is 9.59. The van der Waals surface area contributed by atoms with Crippen LogP contribution in [0.1, 0.15) is 26.7 Å². The SMILES string of the molecule is CN=C(NCC(C)(C)SC)NC1CCN(c2ccccc2)CC1. The van der Waals surface area contributed by atoms with Crippen molar-refractivity contribution in [2.75, 3.05) is 37.8 Å². The summed E-state index contributed by atoms with van der Waals surface area (Å²) in [5.41, 5.74) is 1.33. The summed E-state index contributed by atoms with van der Waals surface area (Å²) in [7, 11) is 1.85. The van der Waals surface area contributed by atoms with E-state index in [0.29, 0.717) is 6.04 Å². The lowest BCUT2D eigenvalue weighted by Gasteiger charge is -2.35. The molecular weight excluding hydrogens is 304 g/mol. The molecule has 1 aromatic carbocycles. The van der Waals surface area contributed by atoms with E-state index in [1.165, 1.54) is 5.69 Å². The third-order valence-electron chi connectivity index (χ3n) is 4.41. The van der Waals surface area contributed by atoms with Crippen LogP contribution in [0.15, 0.2) is 35.3 Å². The number of guanidine groups is 1. The fourth-order valence-corrected chi connectivity index (χ4v) is 2.89. The second-order valence-electron chi connectivity index (χ2n) is 6.63. The Morgan fingerprint density at radius 1 is 1.26 bits per heavy atom. The first-order valence-electron chi connectivity index (χ1n) is 8.36. The van der Waals surface area contributed by atoms with Gasteiger partial charge in [-0.1, -0.05) is 18.2 Å². The molecule has 0 amide bonds. The van der Waals surface area contributed by atoms with E-state index in [2.05, 4.69) is 71.0 Å². The van der Waals surface area contributed by atoms with Crippen LogP contribution in [-0.4, -0.2) is 49.7 Å². The fourth-order valence-electron chi connectivity index (χ4n) is 2.68. The van der Waals surface area contributed by atoms with Crippen LogP contribution >= 0.6 is 11.8 Å². The van der Waals surface area contributed by atoms with Crippen LogP contribution in [0.2, 0.25) is 0 Å². The number of anilines is 1. The van der Waals surface area contributed by atoms with Crippen LogP contribution in [0.25, 0.3) is 0 Å². The molecule has 128 valence electrons. The van der Waals surface area contributed by atoms with Gasteiger partial charge in [0.15, 0.2) is 5.96 Å². The van der Waals surface area contributed by atoms with E-state index in [1.54, 1.807) is 0 Å². The summed E-state index contributed by atoms with van der Waals surface area (Å²) in [6.45, 7) is 7.59. The Balaban J connectivity index is 1.79. The molecule has 4 nitrogen and oxygen atoms in total. The van der Waals surface area contributed by atoms with Crippen LogP contribution in [0.5, 0.6) is 0 Å². The zero-order valence-corrected chi connectivity index (χ0v) is 15.6. The van der Waals surface area contributed by atoms with Crippen molar-refractivity contribution in [3.63, 3.8) is 0 Å². The number of para-hydroxylation sites is 1. The molecule has 1 aliphatic rings. The summed E-state index contributed by atoms with van der Waals surface area (Å²) in [5.74, 6) is 0.922. The van der Waals surface area contributed by atoms with Gasteiger partial charge in [0.25, 0.3) is 0 Å². The summed E-state index contributed by atoms with van der Waals surface area (Å²) in [6.07, 6.45) is 4.43. The Morgan fingerprint density at radius 3 is 2.48 bits per heavy atom. The lowest BCUT2D eigenvalue weighted by Crippen LogP contribution is -2.50. The third kappa shape index (κ3) is 5.65. The Bertz CT molecular complexity index is 493. The third-order valence-corrected chi connectivity index (χ3v) is 5.66. The Labute approximate surface area is 145 Å². The lowest BCUT2D eigenvalue weighted by molar-refractivity contribution is 0.460. The van der Waals surface area contributed by atoms with Crippen LogP contribution in [0, 0.1) is 0 Å². The van der Waals surface area contributed by atoms with Gasteiger partial charge in [-0.05, 0) is 45.1 Å². The molecule has 23 heavy (non-hydrogen) atoms. The predicted molar refractivity (Wildman–Crippen MR) is 104 cm³/mol. The van der Waals surface area contributed by atoms with Gasteiger partial charge in [-0.15, -0.1) is 0 Å². The van der Waals surface area contributed by atoms with Gasteiger partial charge in [-0.3, -0.25) is 4.99 Å². The number of aliphatic imine (C=N–C) groups is 1. The molecule has 1 aliphatic heterocycles. The minimum atomic E-state index is 0.217. The highest BCUT2D eigenvalue weighted by molar-refractivity contribution is 7.99.